The molecule has 176 valence electrons. The van der Waals surface area contributed by atoms with E-state index >= 15 is 4.39 Å². The summed E-state index contributed by atoms with van der Waals surface area (Å²) in [5, 5.41) is 0.429. The highest BCUT2D eigenvalue weighted by Gasteiger charge is 2.31. The van der Waals surface area contributed by atoms with Crippen LogP contribution in [0.3, 0.4) is 0 Å². The normalized spacial score (nSPS) is 12.0. The Balaban J connectivity index is 1.71. The topological polar surface area (TPSA) is 107 Å². The van der Waals surface area contributed by atoms with Gasteiger partial charge in [-0.15, -0.1) is 13.2 Å². The number of rotatable bonds is 5. The van der Waals surface area contributed by atoms with Crippen molar-refractivity contribution < 1.29 is 35.1 Å². The molecular formula is C21H13F5N4O3S. The van der Waals surface area contributed by atoms with Crippen molar-refractivity contribution in [3.05, 3.63) is 72.4 Å². The van der Waals surface area contributed by atoms with E-state index in [1.54, 1.807) is 0 Å². The van der Waals surface area contributed by atoms with Crippen LogP contribution in [-0.2, 0) is 10.0 Å². The number of hydrogen-bond donors (Lipinski definition) is 2. The second kappa shape index (κ2) is 8.41. The van der Waals surface area contributed by atoms with Gasteiger partial charge in [0.1, 0.15) is 11.6 Å². The van der Waals surface area contributed by atoms with Crippen molar-refractivity contribution in [2.75, 3.05) is 10.5 Å². The highest BCUT2D eigenvalue weighted by molar-refractivity contribution is 7.92. The number of halogens is 5. The van der Waals surface area contributed by atoms with Crippen molar-refractivity contribution in [3.63, 3.8) is 0 Å². The van der Waals surface area contributed by atoms with Crippen molar-refractivity contribution in [3.8, 4) is 16.9 Å². The number of nitrogens with two attached hydrogens (primary N) is 1. The largest absolute Gasteiger partial charge is 0.573 e. The molecule has 0 amide bonds. The van der Waals surface area contributed by atoms with Crippen molar-refractivity contribution in [2.45, 2.75) is 11.3 Å². The second-order valence-corrected chi connectivity index (χ2v) is 8.60. The van der Waals surface area contributed by atoms with Crippen LogP contribution in [0.5, 0.6) is 5.75 Å². The van der Waals surface area contributed by atoms with E-state index in [4.69, 9.17) is 5.73 Å². The number of ether oxygens (including phenoxy) is 1. The lowest BCUT2D eigenvalue weighted by Crippen LogP contribution is -2.18. The molecule has 4 rings (SSSR count). The third-order valence-electron chi connectivity index (χ3n) is 4.57. The molecule has 0 fully saturated rings. The molecule has 34 heavy (non-hydrogen) atoms. The van der Waals surface area contributed by atoms with E-state index in [-0.39, 0.29) is 11.5 Å². The fourth-order valence-corrected chi connectivity index (χ4v) is 4.24. The fraction of sp³-hybridized carbons (Fsp3) is 0.0476. The van der Waals surface area contributed by atoms with Gasteiger partial charge in [-0.05, 0) is 42.0 Å². The Kier molecular flexibility index (Phi) is 5.73. The standard InChI is InChI=1S/C21H13F5N4O3S/c22-15-5-7-17(30-34(31,32)14-3-1-2-13(9-14)33-21(24,25)26)19(23)18(15)11-4-6-16-12(8-11)10-28-20(27)29-16/h1-10,30H,(H2,27,28,29). The summed E-state index contributed by atoms with van der Waals surface area (Å²) in [7, 11) is -4.56. The summed E-state index contributed by atoms with van der Waals surface area (Å²) in [5.74, 6) is -2.98. The molecule has 0 saturated carbocycles. The van der Waals surface area contributed by atoms with Crippen LogP contribution in [-0.4, -0.2) is 24.7 Å². The number of benzene rings is 3. The van der Waals surface area contributed by atoms with Crippen molar-refractivity contribution in [1.29, 1.82) is 0 Å². The minimum absolute atomic E-state index is 0.0127. The summed E-state index contributed by atoms with van der Waals surface area (Å²) < 4.78 is 98.1. The van der Waals surface area contributed by atoms with Gasteiger partial charge in [-0.25, -0.2) is 27.2 Å². The maximum Gasteiger partial charge on any atom is 0.573 e. The number of anilines is 2. The molecule has 0 aliphatic carbocycles. The molecule has 1 heterocycles. The first-order chi connectivity index (χ1) is 15.9. The van der Waals surface area contributed by atoms with Gasteiger partial charge in [0.05, 0.1) is 21.7 Å². The molecule has 0 spiro atoms. The molecule has 13 heteroatoms. The van der Waals surface area contributed by atoms with Crippen molar-refractivity contribution in [2.24, 2.45) is 0 Å². The zero-order valence-corrected chi connectivity index (χ0v) is 17.6. The Morgan fingerprint density at radius 3 is 2.50 bits per heavy atom. The summed E-state index contributed by atoms with van der Waals surface area (Å²) in [6, 6.07) is 9.46. The molecule has 3 aromatic carbocycles. The van der Waals surface area contributed by atoms with E-state index in [1.165, 1.54) is 24.4 Å². The smallest absolute Gasteiger partial charge is 0.406 e. The van der Waals surface area contributed by atoms with Gasteiger partial charge in [-0.3, -0.25) is 4.72 Å². The predicted molar refractivity (Wildman–Crippen MR) is 113 cm³/mol. The van der Waals surface area contributed by atoms with Gasteiger partial charge < -0.3 is 10.5 Å². The van der Waals surface area contributed by atoms with Crippen LogP contribution in [0, 0.1) is 11.6 Å². The van der Waals surface area contributed by atoms with Crippen LogP contribution in [0.15, 0.2) is 65.7 Å². The quantitative estimate of drug-likeness (QED) is 0.383. The molecule has 3 N–H and O–H groups in total. The zero-order valence-electron chi connectivity index (χ0n) is 16.8. The Morgan fingerprint density at radius 1 is 1.00 bits per heavy atom. The summed E-state index contributed by atoms with van der Waals surface area (Å²) in [6.45, 7) is 0. The number of fused-ring (bicyclic) bond motifs is 1. The fourth-order valence-electron chi connectivity index (χ4n) is 3.14. The van der Waals surface area contributed by atoms with Gasteiger partial charge in [0.25, 0.3) is 10.0 Å². The lowest BCUT2D eigenvalue weighted by Gasteiger charge is -2.14. The van der Waals surface area contributed by atoms with E-state index < -0.39 is 49.9 Å². The lowest BCUT2D eigenvalue weighted by molar-refractivity contribution is -0.274. The maximum atomic E-state index is 15.2. The molecule has 0 aliphatic rings. The van der Waals surface area contributed by atoms with E-state index in [1.807, 2.05) is 4.72 Å². The van der Waals surface area contributed by atoms with Gasteiger partial charge in [-0.1, -0.05) is 12.1 Å². The predicted octanol–water partition coefficient (Wildman–Crippen LogP) is 4.86. The third-order valence-corrected chi connectivity index (χ3v) is 5.94. The van der Waals surface area contributed by atoms with Crippen LogP contribution in [0.1, 0.15) is 0 Å². The first-order valence-electron chi connectivity index (χ1n) is 9.32. The number of hydrogen-bond acceptors (Lipinski definition) is 6. The molecule has 0 bridgehead atoms. The highest BCUT2D eigenvalue weighted by Crippen LogP contribution is 2.33. The van der Waals surface area contributed by atoms with Gasteiger partial charge in [0.2, 0.25) is 5.95 Å². The van der Waals surface area contributed by atoms with Gasteiger partial charge >= 0.3 is 6.36 Å². The molecule has 0 aliphatic heterocycles. The van der Waals surface area contributed by atoms with Crippen LogP contribution in [0.2, 0.25) is 0 Å². The number of sulfonamides is 1. The first-order valence-corrected chi connectivity index (χ1v) is 10.8. The van der Waals surface area contributed by atoms with Gasteiger partial charge in [0, 0.05) is 17.6 Å². The summed E-state index contributed by atoms with van der Waals surface area (Å²) in [6.07, 6.45) is -3.68. The number of nitrogen functional groups attached to an aromatic ring is 1. The van der Waals surface area contributed by atoms with E-state index in [0.717, 1.165) is 30.3 Å². The highest BCUT2D eigenvalue weighted by atomic mass is 32.2. The first kappa shape index (κ1) is 23.2. The lowest BCUT2D eigenvalue weighted by atomic mass is 10.0. The molecule has 1 aromatic heterocycles. The minimum atomic E-state index is -5.04. The molecule has 0 radical (unpaired) electrons. The van der Waals surface area contributed by atoms with E-state index in [9.17, 15) is 26.0 Å². The van der Waals surface area contributed by atoms with E-state index in [0.29, 0.717) is 17.0 Å². The monoisotopic (exact) mass is 496 g/mol. The third kappa shape index (κ3) is 4.83. The number of alkyl halides is 3. The maximum absolute atomic E-state index is 15.2. The SMILES string of the molecule is Nc1ncc2cc(-c3c(F)ccc(NS(=O)(=O)c4cccc(OC(F)(F)F)c4)c3F)ccc2n1. The van der Waals surface area contributed by atoms with Gasteiger partial charge in [-0.2, -0.15) is 0 Å². The van der Waals surface area contributed by atoms with E-state index in [2.05, 4.69) is 14.7 Å². The van der Waals surface area contributed by atoms with Crippen LogP contribution in [0.4, 0.5) is 33.6 Å². The molecule has 4 aromatic rings. The minimum Gasteiger partial charge on any atom is -0.406 e. The Bertz CT molecular complexity index is 1510. The number of nitrogens with zero attached hydrogens (tertiary/aromatic N) is 2. The number of aromatic nitrogens is 2. The molecular weight excluding hydrogens is 483 g/mol. The van der Waals surface area contributed by atoms with Crippen LogP contribution >= 0.6 is 0 Å². The van der Waals surface area contributed by atoms with Crippen LogP contribution in [0.25, 0.3) is 22.0 Å². The molecule has 7 nitrogen and oxygen atoms in total. The van der Waals surface area contributed by atoms with Crippen molar-refractivity contribution in [1.82, 2.24) is 9.97 Å². The number of nitrogens with one attached hydrogen (secondary N) is 1. The van der Waals surface area contributed by atoms with Crippen molar-refractivity contribution >= 4 is 32.6 Å². The Hall–Kier alpha value is -4.00. The second-order valence-electron chi connectivity index (χ2n) is 6.91. The Morgan fingerprint density at radius 2 is 1.76 bits per heavy atom. The summed E-state index contributed by atoms with van der Waals surface area (Å²) in [5.41, 5.74) is 4.86. The molecule has 0 saturated heterocycles. The van der Waals surface area contributed by atoms with Crippen LogP contribution < -0.4 is 15.2 Å². The molecule has 0 atom stereocenters. The zero-order chi connectivity index (χ0) is 24.7. The summed E-state index contributed by atoms with van der Waals surface area (Å²) >= 11 is 0. The average Bonchev–Trinajstić information content (AvgIpc) is 2.75. The Labute approximate surface area is 189 Å². The average molecular weight is 496 g/mol. The summed E-state index contributed by atoms with van der Waals surface area (Å²) in [4.78, 5) is 7.19. The van der Waals surface area contributed by atoms with Gasteiger partial charge in [0.15, 0.2) is 5.82 Å². The molecule has 0 unspecified atom stereocenters.